The van der Waals surface area contributed by atoms with Gasteiger partial charge in [0.15, 0.2) is 0 Å². The Labute approximate surface area is 124 Å². The van der Waals surface area contributed by atoms with Crippen molar-refractivity contribution in [1.29, 1.82) is 0 Å². The van der Waals surface area contributed by atoms with Crippen molar-refractivity contribution in [3.63, 3.8) is 0 Å². The quantitative estimate of drug-likeness (QED) is 0.749. The molecule has 0 aliphatic carbocycles. The number of hydrogen-bond acceptors (Lipinski definition) is 5. The van der Waals surface area contributed by atoms with Crippen LogP contribution < -0.4 is 16.0 Å². The highest BCUT2D eigenvalue weighted by Gasteiger charge is 2.25. The summed E-state index contributed by atoms with van der Waals surface area (Å²) in [4.78, 5) is 14.5. The Bertz CT molecular complexity index is 508. The SMILES string of the molecule is CN1CCOC(CNC(=O)C2CNc3ccccc3N2)C1. The second kappa shape index (κ2) is 6.32. The Balaban J connectivity index is 1.50. The minimum Gasteiger partial charge on any atom is -0.381 e. The molecule has 21 heavy (non-hydrogen) atoms. The smallest absolute Gasteiger partial charge is 0.244 e. The number of nitrogens with one attached hydrogen (secondary N) is 3. The van der Waals surface area contributed by atoms with Gasteiger partial charge < -0.3 is 25.6 Å². The molecule has 0 aromatic heterocycles. The fourth-order valence-electron chi connectivity index (χ4n) is 2.70. The average molecular weight is 290 g/mol. The highest BCUT2D eigenvalue weighted by molar-refractivity contribution is 5.88. The Morgan fingerprint density at radius 2 is 2.24 bits per heavy atom. The number of amides is 1. The predicted octanol–water partition coefficient (Wildman–Crippen LogP) is 0.339. The molecule has 2 atom stereocenters. The fraction of sp³-hybridized carbons (Fsp3) is 0.533. The first-order valence-electron chi connectivity index (χ1n) is 7.39. The summed E-state index contributed by atoms with van der Waals surface area (Å²) in [6.45, 7) is 3.69. The van der Waals surface area contributed by atoms with Gasteiger partial charge in [-0.3, -0.25) is 4.79 Å². The molecule has 6 nitrogen and oxygen atoms in total. The van der Waals surface area contributed by atoms with Crippen molar-refractivity contribution >= 4 is 17.3 Å². The van der Waals surface area contributed by atoms with Gasteiger partial charge in [-0.1, -0.05) is 12.1 Å². The van der Waals surface area contributed by atoms with Crippen LogP contribution in [0.5, 0.6) is 0 Å². The van der Waals surface area contributed by atoms with Crippen LogP contribution in [0.2, 0.25) is 0 Å². The molecule has 1 aromatic carbocycles. The molecular formula is C15H22N4O2. The molecule has 1 aromatic rings. The number of likely N-dealkylation sites (N-methyl/N-ethyl adjacent to an activating group) is 1. The minimum atomic E-state index is -0.249. The molecule has 2 heterocycles. The molecule has 0 saturated carbocycles. The molecule has 114 valence electrons. The van der Waals surface area contributed by atoms with E-state index in [9.17, 15) is 4.79 Å². The minimum absolute atomic E-state index is 0.00818. The van der Waals surface area contributed by atoms with E-state index in [-0.39, 0.29) is 18.1 Å². The number of fused-ring (bicyclic) bond motifs is 1. The Kier molecular flexibility index (Phi) is 4.26. The highest BCUT2D eigenvalue weighted by Crippen LogP contribution is 2.25. The first-order chi connectivity index (χ1) is 10.2. The molecule has 2 aliphatic heterocycles. The number of carbonyl (C=O) groups excluding carboxylic acids is 1. The van der Waals surface area contributed by atoms with Crippen LogP contribution >= 0.6 is 0 Å². The van der Waals surface area contributed by atoms with Gasteiger partial charge in [0, 0.05) is 26.2 Å². The van der Waals surface area contributed by atoms with E-state index in [2.05, 4.69) is 27.9 Å². The van der Waals surface area contributed by atoms with E-state index in [1.807, 2.05) is 24.3 Å². The first-order valence-corrected chi connectivity index (χ1v) is 7.39. The zero-order chi connectivity index (χ0) is 14.7. The maximum atomic E-state index is 12.2. The van der Waals surface area contributed by atoms with Gasteiger partial charge in [-0.05, 0) is 19.2 Å². The van der Waals surface area contributed by atoms with Gasteiger partial charge in [-0.2, -0.15) is 0 Å². The lowest BCUT2D eigenvalue weighted by Gasteiger charge is -2.31. The lowest BCUT2D eigenvalue weighted by molar-refractivity contribution is -0.122. The summed E-state index contributed by atoms with van der Waals surface area (Å²) in [6, 6.07) is 7.66. The number of ether oxygens (including phenoxy) is 1. The molecule has 0 radical (unpaired) electrons. The summed E-state index contributed by atoms with van der Waals surface area (Å²) in [5.41, 5.74) is 2.01. The molecule has 0 spiro atoms. The number of benzene rings is 1. The zero-order valence-electron chi connectivity index (χ0n) is 12.3. The van der Waals surface area contributed by atoms with Gasteiger partial charge in [-0.25, -0.2) is 0 Å². The lowest BCUT2D eigenvalue weighted by atomic mass is 10.1. The normalized spacial score (nSPS) is 25.4. The van der Waals surface area contributed by atoms with Crippen molar-refractivity contribution in [2.75, 3.05) is 50.5 Å². The van der Waals surface area contributed by atoms with E-state index in [4.69, 9.17) is 4.74 Å². The van der Waals surface area contributed by atoms with Crippen molar-refractivity contribution in [2.24, 2.45) is 0 Å². The van der Waals surface area contributed by atoms with Crippen molar-refractivity contribution in [3.8, 4) is 0 Å². The van der Waals surface area contributed by atoms with Crippen molar-refractivity contribution in [2.45, 2.75) is 12.1 Å². The van der Waals surface area contributed by atoms with Crippen LogP contribution in [0.4, 0.5) is 11.4 Å². The second-order valence-electron chi connectivity index (χ2n) is 5.62. The third kappa shape index (κ3) is 3.46. The summed E-state index contributed by atoms with van der Waals surface area (Å²) in [5, 5.41) is 9.52. The van der Waals surface area contributed by atoms with E-state index in [0.29, 0.717) is 13.1 Å². The molecular weight excluding hydrogens is 268 g/mol. The summed E-state index contributed by atoms with van der Waals surface area (Å²) in [7, 11) is 2.07. The van der Waals surface area contributed by atoms with E-state index in [1.165, 1.54) is 0 Å². The van der Waals surface area contributed by atoms with Crippen LogP contribution in [0.3, 0.4) is 0 Å². The van der Waals surface area contributed by atoms with Crippen molar-refractivity contribution in [3.05, 3.63) is 24.3 Å². The van der Waals surface area contributed by atoms with Crippen LogP contribution in [0.1, 0.15) is 0 Å². The third-order valence-electron chi connectivity index (χ3n) is 3.92. The molecule has 3 N–H and O–H groups in total. The van der Waals surface area contributed by atoms with Crippen molar-refractivity contribution < 1.29 is 9.53 Å². The number of carbonyl (C=O) groups is 1. The second-order valence-corrected chi connectivity index (χ2v) is 5.62. The molecule has 3 rings (SSSR count). The molecule has 2 unspecified atom stereocenters. The molecule has 2 aliphatic rings. The van der Waals surface area contributed by atoms with E-state index >= 15 is 0 Å². The van der Waals surface area contributed by atoms with E-state index in [1.54, 1.807) is 0 Å². The molecule has 6 heteroatoms. The topological polar surface area (TPSA) is 65.6 Å². The van der Waals surface area contributed by atoms with Gasteiger partial charge in [0.2, 0.25) is 5.91 Å². The summed E-state index contributed by atoms with van der Waals surface area (Å²) < 4.78 is 5.65. The highest BCUT2D eigenvalue weighted by atomic mass is 16.5. The first kappa shape index (κ1) is 14.2. The van der Waals surface area contributed by atoms with Gasteiger partial charge in [0.25, 0.3) is 0 Å². The largest absolute Gasteiger partial charge is 0.381 e. The maximum absolute atomic E-state index is 12.2. The van der Waals surface area contributed by atoms with E-state index < -0.39 is 0 Å². The van der Waals surface area contributed by atoms with Crippen LogP contribution in [0.25, 0.3) is 0 Å². The average Bonchev–Trinajstić information content (AvgIpc) is 2.52. The number of rotatable bonds is 3. The number of para-hydroxylation sites is 2. The van der Waals surface area contributed by atoms with Crippen LogP contribution in [0, 0.1) is 0 Å². The number of morpholine rings is 1. The molecule has 1 saturated heterocycles. The van der Waals surface area contributed by atoms with Gasteiger partial charge in [0.05, 0.1) is 24.1 Å². The maximum Gasteiger partial charge on any atom is 0.244 e. The summed E-state index contributed by atoms with van der Waals surface area (Å²) >= 11 is 0. The Morgan fingerprint density at radius 1 is 1.43 bits per heavy atom. The predicted molar refractivity (Wildman–Crippen MR) is 82.6 cm³/mol. The Hall–Kier alpha value is -1.79. The van der Waals surface area contributed by atoms with Crippen LogP contribution in [-0.4, -0.2) is 62.8 Å². The fourth-order valence-corrected chi connectivity index (χ4v) is 2.70. The van der Waals surface area contributed by atoms with E-state index in [0.717, 1.165) is 31.1 Å². The number of hydrogen-bond donors (Lipinski definition) is 3. The summed E-state index contributed by atoms with van der Waals surface area (Å²) in [5.74, 6) is 0.00818. The monoisotopic (exact) mass is 290 g/mol. The summed E-state index contributed by atoms with van der Waals surface area (Å²) in [6.07, 6.45) is 0.0801. The zero-order valence-corrected chi connectivity index (χ0v) is 12.3. The van der Waals surface area contributed by atoms with Gasteiger partial charge in [-0.15, -0.1) is 0 Å². The van der Waals surface area contributed by atoms with Gasteiger partial charge >= 0.3 is 0 Å². The lowest BCUT2D eigenvalue weighted by Crippen LogP contribution is -2.51. The number of nitrogens with zero attached hydrogens (tertiary/aromatic N) is 1. The third-order valence-corrected chi connectivity index (χ3v) is 3.92. The Morgan fingerprint density at radius 3 is 3.05 bits per heavy atom. The van der Waals surface area contributed by atoms with Gasteiger partial charge in [0.1, 0.15) is 6.04 Å². The molecule has 1 fully saturated rings. The standard InChI is InChI=1S/C15H22N4O2/c1-19-6-7-21-11(10-19)8-17-15(20)14-9-16-12-4-2-3-5-13(12)18-14/h2-5,11,14,16,18H,6-10H2,1H3,(H,17,20). The number of anilines is 2. The van der Waals surface area contributed by atoms with Crippen LogP contribution in [-0.2, 0) is 9.53 Å². The molecule has 0 bridgehead atoms. The van der Waals surface area contributed by atoms with Crippen LogP contribution in [0.15, 0.2) is 24.3 Å². The molecule has 1 amide bonds. The van der Waals surface area contributed by atoms with Crippen molar-refractivity contribution in [1.82, 2.24) is 10.2 Å².